The second kappa shape index (κ2) is 6.98. The molecule has 1 fully saturated rings. The summed E-state index contributed by atoms with van der Waals surface area (Å²) in [5, 5.41) is 10.9. The Morgan fingerprint density at radius 3 is 2.67 bits per heavy atom. The molecule has 2 aromatic rings. The lowest BCUT2D eigenvalue weighted by Gasteiger charge is -2.11. The minimum absolute atomic E-state index is 0.0522. The van der Waals surface area contributed by atoms with E-state index in [-0.39, 0.29) is 5.75 Å². The molecule has 5 nitrogen and oxygen atoms in total. The molecular weight excluding hydrogens is 367 g/mol. The summed E-state index contributed by atoms with van der Waals surface area (Å²) in [5.74, 6) is 0.567. The van der Waals surface area contributed by atoms with Crippen molar-refractivity contribution in [1.29, 1.82) is 5.26 Å². The van der Waals surface area contributed by atoms with Gasteiger partial charge in [-0.2, -0.15) is 5.26 Å². The van der Waals surface area contributed by atoms with Crippen molar-refractivity contribution in [3.05, 3.63) is 39.6 Å². The molecule has 0 spiro atoms. The average molecular weight is 379 g/mol. The normalized spacial score (nSPS) is 13.5. The molecule has 122 valence electrons. The van der Waals surface area contributed by atoms with Gasteiger partial charge in [-0.25, -0.2) is 9.97 Å². The minimum atomic E-state index is -0.466. The minimum Gasteiger partial charge on any atom is -0.369 e. The van der Waals surface area contributed by atoms with Gasteiger partial charge in [0.05, 0.1) is 21.5 Å². The van der Waals surface area contributed by atoms with Crippen LogP contribution in [0, 0.1) is 11.3 Å². The topological polar surface area (TPSA) is 92.7 Å². The number of rotatable bonds is 5. The summed E-state index contributed by atoms with van der Waals surface area (Å²) in [6.07, 6.45) is 2.04. The molecule has 24 heavy (non-hydrogen) atoms. The third-order valence-electron chi connectivity index (χ3n) is 3.49. The number of nitrogens with zero attached hydrogens (tertiary/aromatic N) is 3. The van der Waals surface area contributed by atoms with Crippen LogP contribution in [0.15, 0.2) is 23.2 Å². The largest absolute Gasteiger partial charge is 0.369 e. The summed E-state index contributed by atoms with van der Waals surface area (Å²) in [6.45, 7) is 0. The van der Waals surface area contributed by atoms with Crippen molar-refractivity contribution in [3.8, 4) is 17.3 Å². The van der Waals surface area contributed by atoms with Crippen LogP contribution in [0.4, 0.5) is 0 Å². The molecule has 1 aliphatic carbocycles. The Morgan fingerprint density at radius 2 is 2.08 bits per heavy atom. The molecule has 1 saturated carbocycles. The van der Waals surface area contributed by atoms with E-state index in [1.165, 1.54) is 0 Å². The number of hydrogen-bond donors (Lipinski definition) is 1. The van der Waals surface area contributed by atoms with Gasteiger partial charge >= 0.3 is 0 Å². The summed E-state index contributed by atoms with van der Waals surface area (Å²) in [4.78, 5) is 20.1. The lowest BCUT2D eigenvalue weighted by atomic mass is 10.1. The molecule has 0 unspecified atom stereocenters. The fraction of sp³-hybridized carbons (Fsp3) is 0.250. The number of carbonyl (C=O) groups excluding carboxylic acids is 1. The van der Waals surface area contributed by atoms with Crippen LogP contribution in [0.3, 0.4) is 0 Å². The molecule has 0 atom stereocenters. The first-order chi connectivity index (χ1) is 11.5. The predicted octanol–water partition coefficient (Wildman–Crippen LogP) is 3.78. The van der Waals surface area contributed by atoms with E-state index in [0.717, 1.165) is 24.6 Å². The number of nitrogens with two attached hydrogens (primary N) is 1. The zero-order chi connectivity index (χ0) is 17.3. The number of thioether (sulfide) groups is 1. The first-order valence-electron chi connectivity index (χ1n) is 7.18. The van der Waals surface area contributed by atoms with Gasteiger partial charge in [-0.15, -0.1) is 0 Å². The van der Waals surface area contributed by atoms with Crippen LogP contribution in [0.25, 0.3) is 11.3 Å². The van der Waals surface area contributed by atoms with Gasteiger partial charge in [0, 0.05) is 11.5 Å². The zero-order valence-corrected chi connectivity index (χ0v) is 14.8. The first-order valence-corrected chi connectivity index (χ1v) is 8.92. The molecule has 2 N–H and O–H groups in total. The Morgan fingerprint density at radius 1 is 1.33 bits per heavy atom. The highest BCUT2D eigenvalue weighted by Gasteiger charge is 2.29. The van der Waals surface area contributed by atoms with Gasteiger partial charge in [-0.05, 0) is 25.0 Å². The van der Waals surface area contributed by atoms with Crippen molar-refractivity contribution in [3.63, 3.8) is 0 Å². The lowest BCUT2D eigenvalue weighted by molar-refractivity contribution is -0.115. The van der Waals surface area contributed by atoms with Crippen LogP contribution in [-0.4, -0.2) is 21.6 Å². The quantitative estimate of drug-likeness (QED) is 0.631. The lowest BCUT2D eigenvalue weighted by Crippen LogP contribution is -2.13. The first kappa shape index (κ1) is 17.0. The average Bonchev–Trinajstić information content (AvgIpc) is 3.39. The molecule has 1 heterocycles. The van der Waals surface area contributed by atoms with Crippen LogP contribution in [-0.2, 0) is 4.79 Å². The van der Waals surface area contributed by atoms with Crippen molar-refractivity contribution in [1.82, 2.24) is 9.97 Å². The van der Waals surface area contributed by atoms with Crippen molar-refractivity contribution in [2.45, 2.75) is 23.8 Å². The van der Waals surface area contributed by atoms with Crippen LogP contribution in [0.1, 0.15) is 30.1 Å². The van der Waals surface area contributed by atoms with Crippen molar-refractivity contribution < 1.29 is 4.79 Å². The third kappa shape index (κ3) is 3.64. The van der Waals surface area contributed by atoms with Crippen LogP contribution in [0.5, 0.6) is 0 Å². The predicted molar refractivity (Wildman–Crippen MR) is 94.1 cm³/mol. The molecule has 0 bridgehead atoms. The molecule has 1 aromatic heterocycles. The van der Waals surface area contributed by atoms with E-state index in [4.69, 9.17) is 28.9 Å². The standard InChI is InChI=1S/C16H12Cl2N4OS/c17-11-4-3-9(5-12(11)18)14-10(6-19)16(24-7-13(20)23)22-15(21-14)8-1-2-8/h3-5,8H,1-2,7H2,(H2,20,23). The highest BCUT2D eigenvalue weighted by Crippen LogP contribution is 2.41. The van der Waals surface area contributed by atoms with Crippen LogP contribution >= 0.6 is 35.0 Å². The maximum Gasteiger partial charge on any atom is 0.227 e. The van der Waals surface area contributed by atoms with Crippen LogP contribution < -0.4 is 5.73 Å². The number of amides is 1. The van der Waals surface area contributed by atoms with E-state index in [0.29, 0.717) is 43.6 Å². The van der Waals surface area contributed by atoms with Gasteiger partial charge in [0.15, 0.2) is 0 Å². The molecule has 0 saturated heterocycles. The molecular formula is C16H12Cl2N4OS. The molecule has 0 aliphatic heterocycles. The van der Waals surface area contributed by atoms with Crippen molar-refractivity contribution in [2.75, 3.05) is 5.75 Å². The second-order valence-electron chi connectivity index (χ2n) is 5.38. The number of benzene rings is 1. The Balaban J connectivity index is 2.13. The van der Waals surface area contributed by atoms with Gasteiger partial charge in [-0.1, -0.05) is 41.0 Å². The van der Waals surface area contributed by atoms with Crippen LogP contribution in [0.2, 0.25) is 10.0 Å². The van der Waals surface area contributed by atoms with Gasteiger partial charge in [0.25, 0.3) is 0 Å². The summed E-state index contributed by atoms with van der Waals surface area (Å²) in [5.41, 5.74) is 6.71. The molecule has 1 aliphatic rings. The Hall–Kier alpha value is -1.81. The SMILES string of the molecule is N#Cc1c(SCC(N)=O)nc(C2CC2)nc1-c1ccc(Cl)c(Cl)c1. The van der Waals surface area contributed by atoms with E-state index in [9.17, 15) is 10.1 Å². The van der Waals surface area contributed by atoms with E-state index in [2.05, 4.69) is 16.0 Å². The van der Waals surface area contributed by atoms with Gasteiger partial charge < -0.3 is 5.73 Å². The number of hydrogen-bond acceptors (Lipinski definition) is 5. The molecule has 0 radical (unpaired) electrons. The van der Waals surface area contributed by atoms with Gasteiger partial charge in [0.2, 0.25) is 5.91 Å². The number of aromatic nitrogens is 2. The highest BCUT2D eigenvalue weighted by molar-refractivity contribution is 8.00. The van der Waals surface area contributed by atoms with E-state index in [1.807, 2.05) is 0 Å². The van der Waals surface area contributed by atoms with E-state index in [1.54, 1.807) is 18.2 Å². The van der Waals surface area contributed by atoms with Gasteiger partial charge in [0.1, 0.15) is 22.5 Å². The third-order valence-corrected chi connectivity index (χ3v) is 5.23. The summed E-state index contributed by atoms with van der Waals surface area (Å²) >= 11 is 13.2. The number of nitriles is 1. The maximum atomic E-state index is 11.1. The van der Waals surface area contributed by atoms with E-state index >= 15 is 0 Å². The van der Waals surface area contributed by atoms with Crippen molar-refractivity contribution in [2.24, 2.45) is 5.73 Å². The molecule has 1 aromatic carbocycles. The van der Waals surface area contributed by atoms with E-state index < -0.39 is 5.91 Å². The zero-order valence-electron chi connectivity index (χ0n) is 12.4. The summed E-state index contributed by atoms with van der Waals surface area (Å²) in [6, 6.07) is 7.23. The summed E-state index contributed by atoms with van der Waals surface area (Å²) in [7, 11) is 0. The Kier molecular flexibility index (Phi) is 4.95. The smallest absolute Gasteiger partial charge is 0.227 e. The fourth-order valence-electron chi connectivity index (χ4n) is 2.18. The second-order valence-corrected chi connectivity index (χ2v) is 7.16. The molecule has 8 heteroatoms. The number of carbonyl (C=O) groups is 1. The van der Waals surface area contributed by atoms with Gasteiger partial charge in [-0.3, -0.25) is 4.79 Å². The maximum absolute atomic E-state index is 11.1. The Labute approximate surface area is 153 Å². The highest BCUT2D eigenvalue weighted by atomic mass is 35.5. The summed E-state index contributed by atoms with van der Waals surface area (Å²) < 4.78 is 0. The number of halogens is 2. The molecule has 1 amide bonds. The number of primary amides is 1. The van der Waals surface area contributed by atoms with Crippen molar-refractivity contribution >= 4 is 40.9 Å². The Bertz CT molecular complexity index is 862. The fourth-order valence-corrected chi connectivity index (χ4v) is 3.20. The molecule has 3 rings (SSSR count). The monoisotopic (exact) mass is 378 g/mol.